The van der Waals surface area contributed by atoms with Crippen LogP contribution in [-0.2, 0) is 0 Å². The first-order chi connectivity index (χ1) is 56.4. The summed E-state index contributed by atoms with van der Waals surface area (Å²) in [7, 11) is 0. The van der Waals surface area contributed by atoms with Crippen molar-refractivity contribution in [3.8, 4) is 44.8 Å². The van der Waals surface area contributed by atoms with E-state index in [9.17, 15) is 0 Å². The predicted molar refractivity (Wildman–Crippen MR) is 475 cm³/mol. The average Bonchev–Trinajstić information content (AvgIpc) is 1.58. The maximum Gasteiger partial charge on any atom is 0.159 e. The van der Waals surface area contributed by atoms with Gasteiger partial charge in [-0.15, -0.1) is 22.7 Å². The molecular weight excluding hydrogens is 1430 g/mol. The number of para-hydroxylation sites is 3. The lowest BCUT2D eigenvalue weighted by molar-refractivity contribution is 0.409. The van der Waals surface area contributed by atoms with Gasteiger partial charge in [-0.2, -0.15) is 0 Å². The highest BCUT2D eigenvalue weighted by Gasteiger charge is 2.29. The van der Waals surface area contributed by atoms with E-state index in [2.05, 4.69) is 341 Å². The van der Waals surface area contributed by atoms with Crippen LogP contribution in [0.3, 0.4) is 0 Å². The summed E-state index contributed by atoms with van der Waals surface area (Å²) < 4.78 is 23.5. The molecule has 0 spiro atoms. The lowest BCUT2D eigenvalue weighted by atomic mass is 9.99. The topological polar surface area (TPSA) is 109 Å². The second kappa shape index (κ2) is 25.7. The number of hydrogen-bond donors (Lipinski definition) is 3. The van der Waals surface area contributed by atoms with Crippen LogP contribution in [0, 0.1) is 0 Å². The summed E-state index contributed by atoms with van der Waals surface area (Å²) >= 11 is 3.70. The highest BCUT2D eigenvalue weighted by atomic mass is 32.1. The Kier molecular flexibility index (Phi) is 14.5. The SMILES string of the molecule is c1ccc(C2=NC(c3ccc4c(c3)oc3cc(-c5ccc6sc7c(-n8c9ccccc9c9cc(-c%10cccc(C%11=NC(c%12ccc%13c(c%12)oc%12cc(-c%14ccc%15sc%16cc(-n%17c%18ccccc%18c%18ccccc%18%17)ccc%16c%15c%14)ccc%12%13)NC(c%12ccccc%12)N%11)c%10)ccc98)cccc7c6c5)ccc34)NC(c3ccccc3)=N2)cc1. The Hall–Kier alpha value is -14.3. The van der Waals surface area contributed by atoms with Crippen LogP contribution in [0.25, 0.3) is 173 Å². The molecule has 3 N–H and O–H groups in total. The monoisotopic (exact) mass is 1500 g/mol. The molecule has 0 saturated heterocycles. The first-order valence-corrected chi connectivity index (χ1v) is 40.2. The first kappa shape index (κ1) is 64.5. The minimum atomic E-state index is -0.388. The minimum Gasteiger partial charge on any atom is -0.456 e. The van der Waals surface area contributed by atoms with Crippen molar-refractivity contribution in [1.82, 2.24) is 25.1 Å². The van der Waals surface area contributed by atoms with Gasteiger partial charge < -0.3 is 28.6 Å². The maximum absolute atomic E-state index is 6.87. The van der Waals surface area contributed by atoms with Gasteiger partial charge in [-0.1, -0.05) is 237 Å². The van der Waals surface area contributed by atoms with E-state index in [1.165, 1.54) is 78.6 Å². The van der Waals surface area contributed by atoms with E-state index >= 15 is 0 Å². The molecule has 536 valence electrons. The third-order valence-electron chi connectivity index (χ3n) is 23.3. The molecule has 114 heavy (non-hydrogen) atoms. The van der Waals surface area contributed by atoms with Gasteiger partial charge in [-0.3, -0.25) is 5.32 Å². The second-order valence-corrected chi connectivity index (χ2v) is 32.0. The van der Waals surface area contributed by atoms with E-state index in [-0.39, 0.29) is 18.5 Å². The number of nitrogens with zero attached hydrogens (tertiary/aromatic N) is 5. The van der Waals surface area contributed by atoms with E-state index < -0.39 is 0 Å². The van der Waals surface area contributed by atoms with Crippen LogP contribution < -0.4 is 16.0 Å². The summed E-state index contributed by atoms with van der Waals surface area (Å²) in [5.74, 6) is 2.27. The maximum atomic E-state index is 6.87. The number of nitrogens with one attached hydrogen (secondary N) is 3. The normalized spacial score (nSPS) is 15.4. The van der Waals surface area contributed by atoms with Gasteiger partial charge in [0.15, 0.2) is 5.84 Å². The molecule has 3 unspecified atom stereocenters. The van der Waals surface area contributed by atoms with Crippen LogP contribution in [0.15, 0.2) is 376 Å². The number of furan rings is 2. The van der Waals surface area contributed by atoms with Gasteiger partial charge in [-0.25, -0.2) is 15.0 Å². The molecule has 10 nitrogen and oxygen atoms in total. The molecular formula is C102H64N8O2S2. The number of aromatic nitrogens is 2. The van der Waals surface area contributed by atoms with Crippen molar-refractivity contribution in [2.75, 3.05) is 0 Å². The summed E-state index contributed by atoms with van der Waals surface area (Å²) in [5, 5.41) is 25.5. The van der Waals surface area contributed by atoms with Gasteiger partial charge in [-0.05, 0) is 160 Å². The standard InChI is InChI=1S/C102H64N8O2S2/c1-4-18-59(19-5-1)97-103-98(60-20-6-2-7-21-60)106-101(105-97)69-36-44-77-76-43-35-67(55-90(76)112-91(77)56-69)65-40-49-94-83(53-65)80-29-17-33-88(96(80)114-94)110-86-32-15-12-28-74(86)81-51-63(38-47-87(81)110)62-24-16-25-68(50-62)100-104-99(61-22-8-3-9-23-61)107-102(108-100)70-37-45-78-75-42-34-66(54-89(75)111-92(78)57-70)64-39-48-93-82(52-64)79-46-41-71(58-95(79)113-93)109-84-30-13-10-26-72(84)73-27-11-14-31-85(73)109/h1-58,99,101-102,107H,(H,104,108)(H,103,105,106). The molecule has 0 amide bonds. The van der Waals surface area contributed by atoms with Crippen LogP contribution >= 0.6 is 22.7 Å². The molecule has 2 aliphatic rings. The molecule has 24 rings (SSSR count). The molecule has 8 heterocycles. The molecule has 0 radical (unpaired) electrons. The summed E-state index contributed by atoms with van der Waals surface area (Å²) in [6.45, 7) is 0. The van der Waals surface area contributed by atoms with E-state index in [1.54, 1.807) is 0 Å². The van der Waals surface area contributed by atoms with Crippen molar-refractivity contribution < 1.29 is 8.83 Å². The van der Waals surface area contributed by atoms with Gasteiger partial charge >= 0.3 is 0 Å². The Morgan fingerprint density at radius 1 is 0.272 bits per heavy atom. The van der Waals surface area contributed by atoms with E-state index in [4.69, 9.17) is 23.8 Å². The molecule has 0 fully saturated rings. The summed E-state index contributed by atoms with van der Waals surface area (Å²) in [4.78, 5) is 15.6. The first-order valence-electron chi connectivity index (χ1n) is 38.6. The molecule has 6 aromatic heterocycles. The number of amidine groups is 3. The largest absolute Gasteiger partial charge is 0.456 e. The van der Waals surface area contributed by atoms with Gasteiger partial charge in [0.1, 0.15) is 52.5 Å². The van der Waals surface area contributed by atoms with Crippen molar-refractivity contribution in [2.24, 2.45) is 15.0 Å². The zero-order chi connectivity index (χ0) is 74.6. The Morgan fingerprint density at radius 2 is 0.754 bits per heavy atom. The number of aliphatic imine (C=N–C) groups is 3. The van der Waals surface area contributed by atoms with Crippen molar-refractivity contribution in [3.63, 3.8) is 0 Å². The van der Waals surface area contributed by atoms with E-state index in [1.807, 2.05) is 59.1 Å². The van der Waals surface area contributed by atoms with Crippen LogP contribution in [0.2, 0.25) is 0 Å². The van der Waals surface area contributed by atoms with Crippen LogP contribution in [0.4, 0.5) is 0 Å². The molecule has 22 aromatic rings. The molecule has 12 heteroatoms. The Balaban J connectivity index is 0.524. The molecule has 16 aromatic carbocycles. The average molecular weight is 1500 g/mol. The fourth-order valence-electron chi connectivity index (χ4n) is 17.7. The fraction of sp³-hybridized carbons (Fsp3) is 0.0294. The predicted octanol–water partition coefficient (Wildman–Crippen LogP) is 26.2. The van der Waals surface area contributed by atoms with Crippen molar-refractivity contribution in [1.29, 1.82) is 0 Å². The smallest absolute Gasteiger partial charge is 0.159 e. The quantitative estimate of drug-likeness (QED) is 0.120. The molecule has 2 aliphatic heterocycles. The van der Waals surface area contributed by atoms with Gasteiger partial charge in [0.2, 0.25) is 0 Å². The lowest BCUT2D eigenvalue weighted by Gasteiger charge is -2.32. The number of benzene rings is 16. The highest BCUT2D eigenvalue weighted by molar-refractivity contribution is 7.26. The molecule has 3 atom stereocenters. The van der Waals surface area contributed by atoms with Crippen LogP contribution in [-0.4, -0.2) is 26.6 Å². The second-order valence-electron chi connectivity index (χ2n) is 29.9. The van der Waals surface area contributed by atoms with Crippen molar-refractivity contribution in [3.05, 3.63) is 385 Å². The van der Waals surface area contributed by atoms with Crippen LogP contribution in [0.5, 0.6) is 0 Å². The number of fused-ring (bicyclic) bond motifs is 18. The zero-order valence-corrected chi connectivity index (χ0v) is 62.7. The van der Waals surface area contributed by atoms with Gasteiger partial charge in [0.05, 0.1) is 32.5 Å². The van der Waals surface area contributed by atoms with Gasteiger partial charge in [0, 0.05) is 107 Å². The zero-order valence-electron chi connectivity index (χ0n) is 61.1. The van der Waals surface area contributed by atoms with Crippen molar-refractivity contribution in [2.45, 2.75) is 18.5 Å². The number of hydrogen-bond acceptors (Lipinski definition) is 10. The Morgan fingerprint density at radius 3 is 1.43 bits per heavy atom. The van der Waals surface area contributed by atoms with E-state index in [0.717, 1.165) is 139 Å². The Labute approximate surface area is 660 Å². The molecule has 0 bridgehead atoms. The lowest BCUT2D eigenvalue weighted by Crippen LogP contribution is -2.44. The summed E-state index contributed by atoms with van der Waals surface area (Å²) in [6, 6.07) is 127. The number of rotatable bonds is 11. The minimum absolute atomic E-state index is 0.228. The van der Waals surface area contributed by atoms with Crippen LogP contribution in [0.1, 0.15) is 51.9 Å². The highest BCUT2D eigenvalue weighted by Crippen LogP contribution is 2.46. The number of thiophene rings is 2. The van der Waals surface area contributed by atoms with Gasteiger partial charge in [0.25, 0.3) is 0 Å². The fourth-order valence-corrected chi connectivity index (χ4v) is 20.0. The third-order valence-corrected chi connectivity index (χ3v) is 25.6. The molecule has 0 saturated carbocycles. The van der Waals surface area contributed by atoms with Crippen molar-refractivity contribution >= 4 is 168 Å². The summed E-state index contributed by atoms with van der Waals surface area (Å²) in [6.07, 6.45) is -0.984. The summed E-state index contributed by atoms with van der Waals surface area (Å²) in [5.41, 5.74) is 23.2. The molecule has 0 aliphatic carbocycles. The van der Waals surface area contributed by atoms with E-state index in [0.29, 0.717) is 5.84 Å². The third kappa shape index (κ3) is 10.5. The Bertz CT molecular complexity index is 7820.